The van der Waals surface area contributed by atoms with Crippen molar-refractivity contribution < 1.29 is 28.7 Å². The molecule has 0 saturated carbocycles. The zero-order valence-electron chi connectivity index (χ0n) is 9.24. The van der Waals surface area contributed by atoms with E-state index in [-0.39, 0.29) is 17.9 Å². The van der Waals surface area contributed by atoms with Gasteiger partial charge >= 0.3 is 23.8 Å². The summed E-state index contributed by atoms with van der Waals surface area (Å²) >= 11 is 0. The molecule has 1 aromatic heterocycles. The first-order chi connectivity index (χ1) is 8.43. The Morgan fingerprint density at radius 1 is 1.33 bits per heavy atom. The van der Waals surface area contributed by atoms with Crippen LogP contribution in [-0.2, 0) is 16.1 Å². The zero-order chi connectivity index (χ0) is 13.4. The highest BCUT2D eigenvalue weighted by Crippen LogP contribution is 2.18. The minimum absolute atomic E-state index is 0.146. The molecule has 2 heterocycles. The molecule has 1 fully saturated rings. The molecule has 0 radical (unpaired) electrons. The Kier molecular flexibility index (Phi) is 2.62. The van der Waals surface area contributed by atoms with Gasteiger partial charge in [0.25, 0.3) is 0 Å². The van der Waals surface area contributed by atoms with Gasteiger partial charge in [0.2, 0.25) is 5.76 Å². The van der Waals surface area contributed by atoms with Crippen LogP contribution in [0.3, 0.4) is 0 Å². The van der Waals surface area contributed by atoms with Crippen molar-refractivity contribution in [1.82, 2.24) is 9.80 Å². The maximum absolute atomic E-state index is 11.6. The Morgan fingerprint density at radius 2 is 2.00 bits per heavy atom. The molecule has 1 aliphatic rings. The molecule has 8 nitrogen and oxygen atoms in total. The van der Waals surface area contributed by atoms with Crippen LogP contribution in [0.1, 0.15) is 16.1 Å². The summed E-state index contributed by atoms with van der Waals surface area (Å²) in [7, 11) is 1.18. The van der Waals surface area contributed by atoms with Crippen LogP contribution in [0.4, 0.5) is 4.79 Å². The predicted molar refractivity (Wildman–Crippen MR) is 54.4 cm³/mol. The molecule has 1 aromatic rings. The van der Waals surface area contributed by atoms with Crippen LogP contribution in [-0.4, -0.2) is 45.8 Å². The number of hydrogen-bond acceptors (Lipinski definition) is 5. The Morgan fingerprint density at radius 3 is 2.50 bits per heavy atom. The molecule has 0 aliphatic carbocycles. The number of nitrogens with zero attached hydrogens (tertiary/aromatic N) is 2. The quantitative estimate of drug-likeness (QED) is 0.594. The summed E-state index contributed by atoms with van der Waals surface area (Å²) in [5.41, 5.74) is 0.146. The van der Waals surface area contributed by atoms with Gasteiger partial charge in [-0.25, -0.2) is 9.59 Å². The predicted octanol–water partition coefficient (Wildman–Crippen LogP) is -0.102. The van der Waals surface area contributed by atoms with Crippen LogP contribution in [0.15, 0.2) is 16.7 Å². The lowest BCUT2D eigenvalue weighted by Gasteiger charge is -2.11. The van der Waals surface area contributed by atoms with Gasteiger partial charge in [0.1, 0.15) is 0 Å². The van der Waals surface area contributed by atoms with Gasteiger partial charge in [0.15, 0.2) is 0 Å². The summed E-state index contributed by atoms with van der Waals surface area (Å²) in [4.78, 5) is 46.4. The van der Waals surface area contributed by atoms with Gasteiger partial charge in [-0.3, -0.25) is 19.4 Å². The molecule has 1 N–H and O–H groups in total. The molecule has 18 heavy (non-hydrogen) atoms. The third-order valence-electron chi connectivity index (χ3n) is 2.52. The SMILES string of the molecule is CN1C(=O)C(=O)N(Cc2ccoc2C(=O)O)C1=O. The minimum Gasteiger partial charge on any atom is -0.475 e. The van der Waals surface area contributed by atoms with Crippen molar-refractivity contribution in [2.45, 2.75) is 6.54 Å². The highest BCUT2D eigenvalue weighted by Gasteiger charge is 2.42. The van der Waals surface area contributed by atoms with Gasteiger partial charge in [-0.15, -0.1) is 0 Å². The summed E-state index contributed by atoms with van der Waals surface area (Å²) in [6.45, 7) is -0.314. The number of carbonyl (C=O) groups is 4. The highest BCUT2D eigenvalue weighted by molar-refractivity contribution is 6.44. The standard InChI is InChI=1S/C10H8N2O6/c1-11-7(13)8(14)12(10(11)17)4-5-2-3-18-6(5)9(15)16/h2-3H,4H2,1H3,(H,15,16). The molecule has 94 valence electrons. The first kappa shape index (κ1) is 11.8. The van der Waals surface area contributed by atoms with Gasteiger partial charge in [0, 0.05) is 12.6 Å². The fraction of sp³-hybridized carbons (Fsp3) is 0.200. The smallest absolute Gasteiger partial charge is 0.372 e. The Hall–Kier alpha value is -2.64. The number of amides is 4. The van der Waals surface area contributed by atoms with Crippen molar-refractivity contribution in [2.24, 2.45) is 0 Å². The number of aromatic carboxylic acids is 1. The van der Waals surface area contributed by atoms with Crippen molar-refractivity contribution in [2.75, 3.05) is 7.05 Å². The number of rotatable bonds is 3. The van der Waals surface area contributed by atoms with Gasteiger partial charge < -0.3 is 9.52 Å². The summed E-state index contributed by atoms with van der Waals surface area (Å²) < 4.78 is 4.71. The van der Waals surface area contributed by atoms with E-state index in [0.29, 0.717) is 9.80 Å². The summed E-state index contributed by atoms with van der Waals surface area (Å²) in [6.07, 6.45) is 1.13. The fourth-order valence-corrected chi connectivity index (χ4v) is 1.57. The van der Waals surface area contributed by atoms with E-state index in [9.17, 15) is 19.2 Å². The van der Waals surface area contributed by atoms with Gasteiger partial charge in [0.05, 0.1) is 12.8 Å². The maximum atomic E-state index is 11.6. The lowest BCUT2D eigenvalue weighted by Crippen LogP contribution is -2.31. The van der Waals surface area contributed by atoms with E-state index >= 15 is 0 Å². The topological polar surface area (TPSA) is 108 Å². The molecular weight excluding hydrogens is 244 g/mol. The average Bonchev–Trinajstić information content (AvgIpc) is 2.86. The lowest BCUT2D eigenvalue weighted by atomic mass is 10.2. The second-order valence-corrected chi connectivity index (χ2v) is 3.62. The van der Waals surface area contributed by atoms with E-state index in [2.05, 4.69) is 0 Å². The fourth-order valence-electron chi connectivity index (χ4n) is 1.57. The van der Waals surface area contributed by atoms with Gasteiger partial charge in [-0.05, 0) is 6.07 Å². The number of likely N-dealkylation sites (N-methyl/N-ethyl adjacent to an activating group) is 1. The molecule has 0 atom stereocenters. The van der Waals surface area contributed by atoms with E-state index in [1.165, 1.54) is 13.1 Å². The zero-order valence-corrected chi connectivity index (χ0v) is 9.24. The first-order valence-electron chi connectivity index (χ1n) is 4.86. The van der Waals surface area contributed by atoms with Gasteiger partial charge in [-0.1, -0.05) is 0 Å². The summed E-state index contributed by atoms with van der Waals surface area (Å²) in [5, 5.41) is 8.80. The van der Waals surface area contributed by atoms with Crippen molar-refractivity contribution in [1.29, 1.82) is 0 Å². The normalized spacial score (nSPS) is 15.7. The third-order valence-corrected chi connectivity index (χ3v) is 2.52. The van der Waals surface area contributed by atoms with Gasteiger partial charge in [-0.2, -0.15) is 0 Å². The monoisotopic (exact) mass is 252 g/mol. The van der Waals surface area contributed by atoms with Crippen LogP contribution in [0.25, 0.3) is 0 Å². The molecule has 8 heteroatoms. The van der Waals surface area contributed by atoms with Crippen molar-refractivity contribution in [3.05, 3.63) is 23.7 Å². The van der Waals surface area contributed by atoms with Crippen molar-refractivity contribution in [3.63, 3.8) is 0 Å². The Labute approximate surface area is 100 Å². The summed E-state index contributed by atoms with van der Waals surface area (Å²) in [5.74, 6) is -3.60. The number of carboxylic acid groups (broad SMARTS) is 1. The van der Waals surface area contributed by atoms with Crippen LogP contribution >= 0.6 is 0 Å². The number of imide groups is 2. The molecule has 0 unspecified atom stereocenters. The van der Waals surface area contributed by atoms with Crippen LogP contribution < -0.4 is 0 Å². The maximum Gasteiger partial charge on any atom is 0.372 e. The molecule has 4 amide bonds. The summed E-state index contributed by atoms with van der Waals surface area (Å²) in [6, 6.07) is 0.537. The second-order valence-electron chi connectivity index (χ2n) is 3.62. The third kappa shape index (κ3) is 1.63. The molecule has 2 rings (SSSR count). The number of urea groups is 1. The Balaban J connectivity index is 2.27. The van der Waals surface area contributed by atoms with Crippen LogP contribution in [0, 0.1) is 0 Å². The number of carbonyl (C=O) groups excluding carboxylic acids is 3. The largest absolute Gasteiger partial charge is 0.475 e. The minimum atomic E-state index is -1.31. The average molecular weight is 252 g/mol. The molecular formula is C10H8N2O6. The molecule has 0 bridgehead atoms. The highest BCUT2D eigenvalue weighted by atomic mass is 16.4. The van der Waals surface area contributed by atoms with E-state index in [1.54, 1.807) is 0 Å². The van der Waals surface area contributed by atoms with E-state index in [1.807, 2.05) is 0 Å². The lowest BCUT2D eigenvalue weighted by molar-refractivity contribution is -0.143. The number of hydrogen-bond donors (Lipinski definition) is 1. The van der Waals surface area contributed by atoms with Crippen LogP contribution in [0.5, 0.6) is 0 Å². The van der Waals surface area contributed by atoms with E-state index in [0.717, 1.165) is 6.26 Å². The molecule has 0 spiro atoms. The molecule has 0 aromatic carbocycles. The molecule has 1 saturated heterocycles. The number of furan rings is 1. The first-order valence-corrected chi connectivity index (χ1v) is 4.86. The second kappa shape index (κ2) is 3.99. The number of carboxylic acids is 1. The Bertz CT molecular complexity index is 560. The van der Waals surface area contributed by atoms with E-state index < -0.39 is 23.8 Å². The molecule has 1 aliphatic heterocycles. The van der Waals surface area contributed by atoms with Crippen molar-refractivity contribution >= 4 is 23.8 Å². The van der Waals surface area contributed by atoms with E-state index in [4.69, 9.17) is 9.52 Å². The van der Waals surface area contributed by atoms with Crippen molar-refractivity contribution in [3.8, 4) is 0 Å². The van der Waals surface area contributed by atoms with Crippen LogP contribution in [0.2, 0.25) is 0 Å².